The Labute approximate surface area is 167 Å². The van der Waals surface area contributed by atoms with Gasteiger partial charge in [0.25, 0.3) is 5.56 Å². The third-order valence-corrected chi connectivity index (χ3v) is 4.23. The van der Waals surface area contributed by atoms with Gasteiger partial charge < -0.3 is 14.8 Å². The highest BCUT2D eigenvalue weighted by molar-refractivity contribution is 5.91. The number of ether oxygens (including phenoxy) is 2. The lowest BCUT2D eigenvalue weighted by molar-refractivity contribution is -0.139. The van der Waals surface area contributed by atoms with Gasteiger partial charge in [0.2, 0.25) is 5.91 Å². The molecule has 0 aliphatic carbocycles. The highest BCUT2D eigenvalue weighted by atomic mass is 16.5. The van der Waals surface area contributed by atoms with Gasteiger partial charge in [0.15, 0.2) is 0 Å². The normalized spacial score (nSPS) is 10.6. The van der Waals surface area contributed by atoms with E-state index < -0.39 is 17.4 Å². The first-order valence-electron chi connectivity index (χ1n) is 9.10. The number of nitrogens with zero attached hydrogens (tertiary/aromatic N) is 2. The molecule has 0 aliphatic heterocycles. The molecule has 0 bridgehead atoms. The summed E-state index contributed by atoms with van der Waals surface area (Å²) in [6.45, 7) is 2.15. The lowest BCUT2D eigenvalue weighted by Crippen LogP contribution is -2.31. The number of hydrogen-bond donors (Lipinski definition) is 1. The summed E-state index contributed by atoms with van der Waals surface area (Å²) in [5.41, 5.74) is 0.541. The van der Waals surface area contributed by atoms with Crippen LogP contribution in [0.4, 0.5) is 5.69 Å². The average Bonchev–Trinajstić information content (AvgIpc) is 2.73. The number of rotatable bonds is 7. The number of methoxy groups -OCH3 is 1. The Balaban J connectivity index is 1.85. The number of nitrogens with one attached hydrogen (secondary N) is 1. The van der Waals surface area contributed by atoms with Crippen molar-refractivity contribution in [2.45, 2.75) is 19.9 Å². The van der Waals surface area contributed by atoms with Crippen molar-refractivity contribution >= 4 is 28.3 Å². The van der Waals surface area contributed by atoms with E-state index in [1.165, 1.54) is 7.11 Å². The quantitative estimate of drug-likeness (QED) is 0.616. The van der Waals surface area contributed by atoms with Gasteiger partial charge in [0.05, 0.1) is 31.2 Å². The molecule has 0 radical (unpaired) electrons. The Hall–Kier alpha value is -3.68. The molecule has 8 heteroatoms. The van der Waals surface area contributed by atoms with E-state index in [0.717, 1.165) is 4.68 Å². The average molecular weight is 395 g/mol. The third-order valence-electron chi connectivity index (χ3n) is 4.23. The van der Waals surface area contributed by atoms with E-state index >= 15 is 0 Å². The van der Waals surface area contributed by atoms with Gasteiger partial charge in [0, 0.05) is 11.1 Å². The molecule has 3 rings (SSSR count). The Morgan fingerprint density at radius 3 is 2.41 bits per heavy atom. The summed E-state index contributed by atoms with van der Waals surface area (Å²) < 4.78 is 11.1. The maximum absolute atomic E-state index is 12.7. The van der Waals surface area contributed by atoms with Crippen molar-refractivity contribution in [1.29, 1.82) is 0 Å². The van der Waals surface area contributed by atoms with Gasteiger partial charge in [-0.1, -0.05) is 18.2 Å². The number of amides is 1. The molecule has 1 N–H and O–H groups in total. The highest BCUT2D eigenvalue weighted by Gasteiger charge is 2.15. The SMILES string of the molecule is CCOc1ccc(NC(=O)Cn2nc(CC(=O)OC)c3ccccc3c2=O)cc1. The first-order chi connectivity index (χ1) is 14.0. The number of anilines is 1. The molecule has 1 amide bonds. The molecular formula is C21H21N3O5. The fraction of sp³-hybridized carbons (Fsp3) is 0.238. The fourth-order valence-corrected chi connectivity index (χ4v) is 2.89. The summed E-state index contributed by atoms with van der Waals surface area (Å²) in [5.74, 6) is -0.194. The highest BCUT2D eigenvalue weighted by Crippen LogP contribution is 2.16. The van der Waals surface area contributed by atoms with E-state index in [1.54, 1.807) is 48.5 Å². The van der Waals surface area contributed by atoms with Crippen LogP contribution in [-0.2, 0) is 27.3 Å². The zero-order chi connectivity index (χ0) is 20.8. The molecule has 0 spiro atoms. The number of aromatic nitrogens is 2. The van der Waals surface area contributed by atoms with Crippen molar-refractivity contribution in [3.05, 3.63) is 64.6 Å². The van der Waals surface area contributed by atoms with E-state index in [2.05, 4.69) is 10.4 Å². The molecule has 0 unspecified atom stereocenters. The second kappa shape index (κ2) is 9.01. The van der Waals surface area contributed by atoms with Crippen LogP contribution in [0.1, 0.15) is 12.6 Å². The molecular weight excluding hydrogens is 374 g/mol. The van der Waals surface area contributed by atoms with Crippen molar-refractivity contribution in [2.75, 3.05) is 19.0 Å². The smallest absolute Gasteiger partial charge is 0.311 e. The summed E-state index contributed by atoms with van der Waals surface area (Å²) in [4.78, 5) is 36.9. The monoisotopic (exact) mass is 395 g/mol. The lowest BCUT2D eigenvalue weighted by Gasteiger charge is -2.11. The molecule has 8 nitrogen and oxygen atoms in total. The first kappa shape index (κ1) is 20.1. The molecule has 0 atom stereocenters. The summed E-state index contributed by atoms with van der Waals surface area (Å²) >= 11 is 0. The van der Waals surface area contributed by atoms with E-state index in [-0.39, 0.29) is 13.0 Å². The molecule has 29 heavy (non-hydrogen) atoms. The molecule has 1 aromatic heterocycles. The molecule has 0 saturated heterocycles. The van der Waals surface area contributed by atoms with Gasteiger partial charge in [-0.05, 0) is 37.3 Å². The fourth-order valence-electron chi connectivity index (χ4n) is 2.89. The van der Waals surface area contributed by atoms with Gasteiger partial charge in [-0.2, -0.15) is 5.10 Å². The van der Waals surface area contributed by atoms with Crippen LogP contribution in [-0.4, -0.2) is 35.4 Å². The molecule has 0 saturated carbocycles. The minimum atomic E-state index is -0.480. The van der Waals surface area contributed by atoms with Crippen LogP contribution in [0, 0.1) is 0 Å². The van der Waals surface area contributed by atoms with Gasteiger partial charge >= 0.3 is 5.97 Å². The minimum absolute atomic E-state index is 0.0994. The van der Waals surface area contributed by atoms with E-state index in [0.29, 0.717) is 34.5 Å². The number of hydrogen-bond acceptors (Lipinski definition) is 6. The Morgan fingerprint density at radius 1 is 1.07 bits per heavy atom. The molecule has 1 heterocycles. The van der Waals surface area contributed by atoms with E-state index in [4.69, 9.17) is 9.47 Å². The topological polar surface area (TPSA) is 99.5 Å². The molecule has 0 fully saturated rings. The van der Waals surface area contributed by atoms with Crippen molar-refractivity contribution in [3.63, 3.8) is 0 Å². The van der Waals surface area contributed by atoms with Crippen LogP contribution in [0.15, 0.2) is 53.3 Å². The zero-order valence-electron chi connectivity index (χ0n) is 16.2. The summed E-state index contributed by atoms with van der Waals surface area (Å²) in [5, 5.41) is 7.90. The van der Waals surface area contributed by atoms with Crippen molar-refractivity contribution in [3.8, 4) is 5.75 Å². The van der Waals surface area contributed by atoms with Crippen LogP contribution in [0.3, 0.4) is 0 Å². The van der Waals surface area contributed by atoms with Gasteiger partial charge in [-0.25, -0.2) is 4.68 Å². The zero-order valence-corrected chi connectivity index (χ0v) is 16.2. The second-order valence-corrected chi connectivity index (χ2v) is 6.21. The summed E-state index contributed by atoms with van der Waals surface area (Å²) in [7, 11) is 1.28. The molecule has 0 aliphatic rings. The maximum Gasteiger partial charge on any atom is 0.311 e. The van der Waals surface area contributed by atoms with Crippen LogP contribution in [0.2, 0.25) is 0 Å². The van der Waals surface area contributed by atoms with E-state index in [1.807, 2.05) is 6.92 Å². The number of esters is 1. The van der Waals surface area contributed by atoms with Crippen LogP contribution in [0.5, 0.6) is 5.75 Å². The number of fused-ring (bicyclic) bond motifs is 1. The largest absolute Gasteiger partial charge is 0.494 e. The molecule has 2 aromatic carbocycles. The Morgan fingerprint density at radius 2 is 1.76 bits per heavy atom. The Bertz CT molecular complexity index is 1090. The Kier molecular flexibility index (Phi) is 6.23. The predicted octanol–water partition coefficient (Wildman–Crippen LogP) is 2.15. The second-order valence-electron chi connectivity index (χ2n) is 6.21. The summed E-state index contributed by atoms with van der Waals surface area (Å²) in [6.07, 6.45) is -0.0994. The first-order valence-corrected chi connectivity index (χ1v) is 9.10. The number of benzene rings is 2. The van der Waals surface area contributed by atoms with Gasteiger partial charge in [0.1, 0.15) is 12.3 Å². The molecule has 3 aromatic rings. The maximum atomic E-state index is 12.7. The lowest BCUT2D eigenvalue weighted by atomic mass is 10.1. The van der Waals surface area contributed by atoms with Crippen molar-refractivity contribution < 1.29 is 19.1 Å². The number of carbonyl (C=O) groups is 2. The summed E-state index contributed by atoms with van der Waals surface area (Å²) in [6, 6.07) is 13.7. The van der Waals surface area contributed by atoms with Gasteiger partial charge in [-0.3, -0.25) is 14.4 Å². The minimum Gasteiger partial charge on any atom is -0.494 e. The standard InChI is InChI=1S/C21H21N3O5/c1-3-29-15-10-8-14(9-11-15)22-19(25)13-24-21(27)17-7-5-4-6-16(17)18(23-24)12-20(26)28-2/h4-11H,3,12-13H2,1-2H3,(H,22,25). The van der Waals surface area contributed by atoms with E-state index in [9.17, 15) is 14.4 Å². The van der Waals surface area contributed by atoms with Crippen LogP contribution >= 0.6 is 0 Å². The molecule has 150 valence electrons. The van der Waals surface area contributed by atoms with Gasteiger partial charge in [-0.15, -0.1) is 0 Å². The number of carbonyl (C=O) groups excluding carboxylic acids is 2. The van der Waals surface area contributed by atoms with Crippen molar-refractivity contribution in [2.24, 2.45) is 0 Å². The third kappa shape index (κ3) is 4.78. The van der Waals surface area contributed by atoms with Crippen molar-refractivity contribution in [1.82, 2.24) is 9.78 Å². The van der Waals surface area contributed by atoms with Crippen LogP contribution < -0.4 is 15.6 Å². The predicted molar refractivity (Wildman–Crippen MR) is 108 cm³/mol. The van der Waals surface area contributed by atoms with Crippen LogP contribution in [0.25, 0.3) is 10.8 Å².